The normalized spacial score (nSPS) is 24.3. The lowest BCUT2D eigenvalue weighted by molar-refractivity contribution is -0.134. The zero-order valence-corrected chi connectivity index (χ0v) is 14.8. The molecular formula is C19H23N3O4. The van der Waals surface area contributed by atoms with Crippen molar-refractivity contribution in [1.29, 1.82) is 0 Å². The van der Waals surface area contributed by atoms with Crippen LogP contribution in [0.25, 0.3) is 0 Å². The average molecular weight is 357 g/mol. The second-order valence-corrected chi connectivity index (χ2v) is 7.55. The third kappa shape index (κ3) is 2.96. The Kier molecular flexibility index (Phi) is 3.99. The molecule has 1 aromatic carbocycles. The van der Waals surface area contributed by atoms with E-state index in [1.54, 1.807) is 30.0 Å². The Hall–Kier alpha value is -2.41. The van der Waals surface area contributed by atoms with Gasteiger partial charge in [-0.25, -0.2) is 0 Å². The van der Waals surface area contributed by atoms with Crippen LogP contribution >= 0.6 is 0 Å². The van der Waals surface area contributed by atoms with Gasteiger partial charge in [-0.3, -0.25) is 14.4 Å². The number of carbonyl (C=O) groups is 3. The van der Waals surface area contributed by atoms with Gasteiger partial charge in [0, 0.05) is 24.6 Å². The molecule has 2 fully saturated rings. The Bertz CT molecular complexity index is 779. The summed E-state index contributed by atoms with van der Waals surface area (Å²) in [7, 11) is 0. The maximum Gasteiger partial charge on any atom is 0.265 e. The van der Waals surface area contributed by atoms with Crippen LogP contribution in [0.4, 0.5) is 5.69 Å². The molecule has 1 aromatic rings. The maximum atomic E-state index is 12.8. The fourth-order valence-electron chi connectivity index (χ4n) is 3.61. The lowest BCUT2D eigenvalue weighted by Crippen LogP contribution is -2.49. The SMILES string of the molecule is CC1Oc2ccc(C(=O)C3CCN(C(=O)C4(N)CC4)CC3)cc2NC1=O. The first-order valence-corrected chi connectivity index (χ1v) is 9.11. The first kappa shape index (κ1) is 17.0. The molecule has 1 atom stereocenters. The van der Waals surface area contributed by atoms with Crippen LogP contribution in [-0.2, 0) is 9.59 Å². The van der Waals surface area contributed by atoms with Crippen LogP contribution in [0.5, 0.6) is 5.75 Å². The van der Waals surface area contributed by atoms with E-state index in [1.165, 1.54) is 0 Å². The average Bonchev–Trinajstić information content (AvgIpc) is 3.40. The highest BCUT2D eigenvalue weighted by molar-refractivity contribution is 6.02. The first-order valence-electron chi connectivity index (χ1n) is 9.11. The minimum absolute atomic E-state index is 0.0196. The van der Waals surface area contributed by atoms with Crippen molar-refractivity contribution < 1.29 is 19.1 Å². The molecule has 26 heavy (non-hydrogen) atoms. The van der Waals surface area contributed by atoms with E-state index in [1.807, 2.05) is 0 Å². The number of Topliss-reactive ketones (excluding diaryl/α,β-unsaturated/α-hetero) is 1. The molecule has 1 saturated carbocycles. The number of ether oxygens (including phenoxy) is 1. The van der Waals surface area contributed by atoms with Gasteiger partial charge in [-0.15, -0.1) is 0 Å². The van der Waals surface area contributed by atoms with Crippen molar-refractivity contribution in [2.24, 2.45) is 11.7 Å². The second kappa shape index (κ2) is 6.09. The van der Waals surface area contributed by atoms with E-state index in [2.05, 4.69) is 5.32 Å². The largest absolute Gasteiger partial charge is 0.479 e. The number of ketones is 1. The number of nitrogens with two attached hydrogens (primary N) is 1. The monoisotopic (exact) mass is 357 g/mol. The fraction of sp³-hybridized carbons (Fsp3) is 0.526. The van der Waals surface area contributed by atoms with Gasteiger partial charge in [0.2, 0.25) is 5.91 Å². The van der Waals surface area contributed by atoms with E-state index in [9.17, 15) is 14.4 Å². The van der Waals surface area contributed by atoms with Crippen molar-refractivity contribution in [1.82, 2.24) is 4.90 Å². The van der Waals surface area contributed by atoms with Gasteiger partial charge < -0.3 is 20.7 Å². The van der Waals surface area contributed by atoms with Crippen LogP contribution in [-0.4, -0.2) is 47.2 Å². The number of anilines is 1. The molecule has 0 aromatic heterocycles. The molecule has 7 nitrogen and oxygen atoms in total. The number of likely N-dealkylation sites (tertiary alicyclic amines) is 1. The summed E-state index contributed by atoms with van der Waals surface area (Å²) in [4.78, 5) is 38.7. The number of hydrogen-bond acceptors (Lipinski definition) is 5. The zero-order valence-electron chi connectivity index (χ0n) is 14.8. The lowest BCUT2D eigenvalue weighted by Gasteiger charge is -2.33. The van der Waals surface area contributed by atoms with Crippen LogP contribution < -0.4 is 15.8 Å². The summed E-state index contributed by atoms with van der Waals surface area (Å²) < 4.78 is 5.52. The molecule has 3 N–H and O–H groups in total. The standard InChI is InChI=1S/C19H23N3O4/c1-11-17(24)21-14-10-13(2-3-15(14)26-11)16(23)12-4-8-22(9-5-12)18(25)19(20)6-7-19/h2-3,10-12H,4-9,20H2,1H3,(H,21,24). The molecule has 2 heterocycles. The van der Waals surface area contributed by atoms with Gasteiger partial charge in [-0.05, 0) is 50.8 Å². The maximum absolute atomic E-state index is 12.8. The molecule has 7 heteroatoms. The van der Waals surface area contributed by atoms with Gasteiger partial charge in [-0.2, -0.15) is 0 Å². The van der Waals surface area contributed by atoms with Gasteiger partial charge in [0.15, 0.2) is 11.9 Å². The molecule has 0 bridgehead atoms. The molecule has 3 aliphatic rings. The Labute approximate surface area is 151 Å². The predicted molar refractivity (Wildman–Crippen MR) is 94.9 cm³/mol. The number of amides is 2. The molecule has 138 valence electrons. The van der Waals surface area contributed by atoms with E-state index < -0.39 is 11.6 Å². The highest BCUT2D eigenvalue weighted by Crippen LogP contribution is 2.36. The predicted octanol–water partition coefficient (Wildman–Crippen LogP) is 1.32. The Morgan fingerprint density at radius 1 is 1.27 bits per heavy atom. The molecule has 2 amide bonds. The van der Waals surface area contributed by atoms with E-state index >= 15 is 0 Å². The van der Waals surface area contributed by atoms with Gasteiger partial charge in [0.05, 0.1) is 11.2 Å². The summed E-state index contributed by atoms with van der Waals surface area (Å²) in [6, 6.07) is 5.14. The van der Waals surface area contributed by atoms with Crippen LogP contribution in [0, 0.1) is 5.92 Å². The smallest absolute Gasteiger partial charge is 0.265 e. The Morgan fingerprint density at radius 2 is 1.96 bits per heavy atom. The molecule has 0 spiro atoms. The number of hydrogen-bond donors (Lipinski definition) is 2. The van der Waals surface area contributed by atoms with Crippen LogP contribution in [0.15, 0.2) is 18.2 Å². The van der Waals surface area contributed by atoms with E-state index in [0.717, 1.165) is 12.8 Å². The van der Waals surface area contributed by atoms with Gasteiger partial charge in [0.25, 0.3) is 5.91 Å². The van der Waals surface area contributed by atoms with Crippen LogP contribution in [0.1, 0.15) is 43.0 Å². The molecule has 2 aliphatic heterocycles. The third-order valence-corrected chi connectivity index (χ3v) is 5.56. The summed E-state index contributed by atoms with van der Waals surface area (Å²) in [5, 5.41) is 2.77. The highest BCUT2D eigenvalue weighted by atomic mass is 16.5. The molecule has 1 saturated heterocycles. The summed E-state index contributed by atoms with van der Waals surface area (Å²) in [6.07, 6.45) is 2.25. The number of nitrogens with zero attached hydrogens (tertiary/aromatic N) is 1. The highest BCUT2D eigenvalue weighted by Gasteiger charge is 2.48. The molecule has 1 unspecified atom stereocenters. The summed E-state index contributed by atoms with van der Waals surface area (Å²) in [5.41, 5.74) is 6.43. The quantitative estimate of drug-likeness (QED) is 0.795. The first-order chi connectivity index (χ1) is 12.4. The van der Waals surface area contributed by atoms with Crippen molar-refractivity contribution in [2.75, 3.05) is 18.4 Å². The Morgan fingerprint density at radius 3 is 2.62 bits per heavy atom. The van der Waals surface area contributed by atoms with Gasteiger partial charge in [-0.1, -0.05) is 0 Å². The Balaban J connectivity index is 1.42. The van der Waals surface area contributed by atoms with Crippen LogP contribution in [0.3, 0.4) is 0 Å². The van der Waals surface area contributed by atoms with Crippen molar-refractivity contribution >= 4 is 23.3 Å². The zero-order chi connectivity index (χ0) is 18.5. The number of piperidine rings is 1. The van der Waals surface area contributed by atoms with E-state index in [-0.39, 0.29) is 23.5 Å². The fourth-order valence-corrected chi connectivity index (χ4v) is 3.61. The van der Waals surface area contributed by atoms with E-state index in [0.29, 0.717) is 42.9 Å². The molecule has 1 aliphatic carbocycles. The second-order valence-electron chi connectivity index (χ2n) is 7.55. The van der Waals surface area contributed by atoms with Crippen molar-refractivity contribution in [3.05, 3.63) is 23.8 Å². The topological polar surface area (TPSA) is 102 Å². The van der Waals surface area contributed by atoms with Crippen molar-refractivity contribution in [3.8, 4) is 5.75 Å². The number of benzene rings is 1. The van der Waals surface area contributed by atoms with E-state index in [4.69, 9.17) is 10.5 Å². The van der Waals surface area contributed by atoms with Crippen LogP contribution in [0.2, 0.25) is 0 Å². The minimum Gasteiger partial charge on any atom is -0.479 e. The summed E-state index contributed by atoms with van der Waals surface area (Å²) >= 11 is 0. The van der Waals surface area contributed by atoms with Crippen molar-refractivity contribution in [3.63, 3.8) is 0 Å². The van der Waals surface area contributed by atoms with Gasteiger partial charge >= 0.3 is 0 Å². The molecule has 0 radical (unpaired) electrons. The number of rotatable bonds is 3. The minimum atomic E-state index is -0.648. The van der Waals surface area contributed by atoms with Gasteiger partial charge in [0.1, 0.15) is 5.75 Å². The van der Waals surface area contributed by atoms with Crippen molar-refractivity contribution in [2.45, 2.75) is 44.2 Å². The summed E-state index contributed by atoms with van der Waals surface area (Å²) in [5.74, 6) is 0.299. The lowest BCUT2D eigenvalue weighted by atomic mass is 9.88. The molecular weight excluding hydrogens is 334 g/mol. The number of carbonyl (C=O) groups excluding carboxylic acids is 3. The molecule has 4 rings (SSSR count). The number of nitrogens with one attached hydrogen (secondary N) is 1. The third-order valence-electron chi connectivity index (χ3n) is 5.56. The summed E-state index contributed by atoms with van der Waals surface area (Å²) in [6.45, 7) is 2.81. The number of fused-ring (bicyclic) bond motifs is 1.